The quantitative estimate of drug-likeness (QED) is 0.544. The molecule has 2 fully saturated rings. The molecule has 0 spiro atoms. The highest BCUT2D eigenvalue weighted by molar-refractivity contribution is 9.10. The normalized spacial score (nSPS) is 18.5. The van der Waals surface area contributed by atoms with Crippen LogP contribution in [0.25, 0.3) is 0 Å². The standard InChI is InChI=1S/C24H25BrF3N3O2/c25-15-3-1-14(2-4-15)11-21(22(29)32)31(16-5-9-30-10-6-16)23(33)24(7-8-24)17-12-19(27)20(28)13-18(17)26/h1-4,12-13,16,21,30H,5-11H2,(H2,29,32)/t21-/m0/s1. The fraction of sp³-hybridized carbons (Fsp3) is 0.417. The van der Waals surface area contributed by atoms with E-state index in [9.17, 15) is 22.8 Å². The molecule has 0 aromatic heterocycles. The largest absolute Gasteiger partial charge is 0.368 e. The Morgan fingerprint density at radius 2 is 1.67 bits per heavy atom. The molecule has 0 bridgehead atoms. The van der Waals surface area contributed by atoms with Crippen molar-refractivity contribution in [1.29, 1.82) is 0 Å². The Bertz CT molecular complexity index is 1050. The number of carbonyl (C=O) groups is 2. The lowest BCUT2D eigenvalue weighted by Gasteiger charge is -2.41. The summed E-state index contributed by atoms with van der Waals surface area (Å²) < 4.78 is 43.1. The van der Waals surface area contributed by atoms with Gasteiger partial charge in [0.25, 0.3) is 0 Å². The van der Waals surface area contributed by atoms with E-state index in [1.54, 1.807) is 0 Å². The van der Waals surface area contributed by atoms with E-state index in [0.717, 1.165) is 16.1 Å². The number of nitrogens with one attached hydrogen (secondary N) is 1. The number of primary amides is 1. The summed E-state index contributed by atoms with van der Waals surface area (Å²) >= 11 is 3.38. The first-order valence-corrected chi connectivity index (χ1v) is 11.7. The van der Waals surface area contributed by atoms with E-state index in [2.05, 4.69) is 21.2 Å². The van der Waals surface area contributed by atoms with Crippen LogP contribution in [0.3, 0.4) is 0 Å². The lowest BCUT2D eigenvalue weighted by atomic mass is 9.89. The zero-order chi connectivity index (χ0) is 23.8. The van der Waals surface area contributed by atoms with Gasteiger partial charge in [-0.05, 0) is 62.5 Å². The second-order valence-electron chi connectivity index (χ2n) is 8.77. The molecule has 1 saturated heterocycles. The van der Waals surface area contributed by atoms with Gasteiger partial charge in [-0.1, -0.05) is 28.1 Å². The Kier molecular flexibility index (Phi) is 6.81. The predicted molar refractivity (Wildman–Crippen MR) is 121 cm³/mol. The van der Waals surface area contributed by atoms with E-state index in [0.29, 0.717) is 44.8 Å². The van der Waals surface area contributed by atoms with Crippen molar-refractivity contribution in [3.8, 4) is 0 Å². The molecule has 1 atom stereocenters. The van der Waals surface area contributed by atoms with Crippen LogP contribution in [0, 0.1) is 17.5 Å². The molecular formula is C24H25BrF3N3O2. The molecule has 2 aromatic carbocycles. The van der Waals surface area contributed by atoms with E-state index in [4.69, 9.17) is 5.73 Å². The molecule has 2 amide bonds. The zero-order valence-electron chi connectivity index (χ0n) is 17.9. The van der Waals surface area contributed by atoms with Crippen LogP contribution in [0.4, 0.5) is 13.2 Å². The SMILES string of the molecule is NC(=O)[C@H](Cc1ccc(Br)cc1)N(C(=O)C1(c2cc(F)c(F)cc2F)CC1)C1CCNCC1. The molecule has 1 heterocycles. The summed E-state index contributed by atoms with van der Waals surface area (Å²) in [6, 6.07) is 7.36. The second kappa shape index (κ2) is 9.46. The van der Waals surface area contributed by atoms with Gasteiger partial charge in [-0.3, -0.25) is 9.59 Å². The molecule has 0 radical (unpaired) electrons. The molecule has 9 heteroatoms. The minimum atomic E-state index is -1.32. The van der Waals surface area contributed by atoms with Crippen LogP contribution in [-0.4, -0.2) is 41.9 Å². The topological polar surface area (TPSA) is 75.4 Å². The Labute approximate surface area is 198 Å². The highest BCUT2D eigenvalue weighted by Gasteiger charge is 2.57. The van der Waals surface area contributed by atoms with Crippen molar-refractivity contribution in [2.45, 2.75) is 49.6 Å². The maximum Gasteiger partial charge on any atom is 0.240 e. The van der Waals surface area contributed by atoms with Crippen LogP contribution in [-0.2, 0) is 21.4 Å². The molecule has 33 heavy (non-hydrogen) atoms. The van der Waals surface area contributed by atoms with Gasteiger partial charge in [-0.15, -0.1) is 0 Å². The van der Waals surface area contributed by atoms with Crippen LogP contribution in [0.5, 0.6) is 0 Å². The summed E-state index contributed by atoms with van der Waals surface area (Å²) in [5.41, 5.74) is 5.12. The monoisotopic (exact) mass is 523 g/mol. The van der Waals surface area contributed by atoms with Gasteiger partial charge >= 0.3 is 0 Å². The average Bonchev–Trinajstić information content (AvgIpc) is 3.59. The smallest absolute Gasteiger partial charge is 0.240 e. The molecule has 176 valence electrons. The van der Waals surface area contributed by atoms with Gasteiger partial charge < -0.3 is 16.0 Å². The van der Waals surface area contributed by atoms with E-state index in [1.807, 2.05) is 24.3 Å². The summed E-state index contributed by atoms with van der Waals surface area (Å²) in [7, 11) is 0. The van der Waals surface area contributed by atoms with Crippen LogP contribution in [0.1, 0.15) is 36.8 Å². The van der Waals surface area contributed by atoms with E-state index >= 15 is 0 Å². The lowest BCUT2D eigenvalue weighted by Crippen LogP contribution is -2.58. The van der Waals surface area contributed by atoms with Gasteiger partial charge in [0.05, 0.1) is 5.41 Å². The van der Waals surface area contributed by atoms with Gasteiger partial charge in [0.2, 0.25) is 11.8 Å². The van der Waals surface area contributed by atoms with Crippen molar-refractivity contribution >= 4 is 27.7 Å². The Morgan fingerprint density at radius 3 is 2.24 bits per heavy atom. The Morgan fingerprint density at radius 1 is 1.06 bits per heavy atom. The number of halogens is 4. The fourth-order valence-electron chi connectivity index (χ4n) is 4.69. The predicted octanol–water partition coefficient (Wildman–Crippen LogP) is 3.58. The third-order valence-electron chi connectivity index (χ3n) is 6.63. The molecule has 5 nitrogen and oxygen atoms in total. The molecule has 2 aliphatic rings. The Hall–Kier alpha value is -2.39. The highest BCUT2D eigenvalue weighted by Crippen LogP contribution is 2.51. The fourth-order valence-corrected chi connectivity index (χ4v) is 4.95. The van der Waals surface area contributed by atoms with Gasteiger partial charge in [0.15, 0.2) is 11.6 Å². The number of piperidine rings is 1. The van der Waals surface area contributed by atoms with Gasteiger partial charge in [0.1, 0.15) is 11.9 Å². The summed E-state index contributed by atoms with van der Waals surface area (Å²) in [6.07, 6.45) is 1.99. The van der Waals surface area contributed by atoms with Crippen molar-refractivity contribution in [2.24, 2.45) is 5.73 Å². The number of carbonyl (C=O) groups excluding carboxylic acids is 2. The zero-order valence-corrected chi connectivity index (χ0v) is 19.5. The number of benzene rings is 2. The minimum Gasteiger partial charge on any atom is -0.368 e. The molecular weight excluding hydrogens is 499 g/mol. The van der Waals surface area contributed by atoms with Gasteiger partial charge in [-0.25, -0.2) is 13.2 Å². The number of hydrogen-bond acceptors (Lipinski definition) is 3. The number of amides is 2. The Balaban J connectivity index is 1.73. The van der Waals surface area contributed by atoms with E-state index < -0.39 is 40.7 Å². The van der Waals surface area contributed by atoms with Crippen molar-refractivity contribution < 1.29 is 22.8 Å². The number of hydrogen-bond donors (Lipinski definition) is 2. The molecule has 2 aromatic rings. The molecule has 0 unspecified atom stereocenters. The second-order valence-corrected chi connectivity index (χ2v) is 9.69. The summed E-state index contributed by atoms with van der Waals surface area (Å²) in [5, 5.41) is 3.23. The molecule has 1 aliphatic heterocycles. The van der Waals surface area contributed by atoms with E-state index in [1.165, 1.54) is 4.90 Å². The first kappa shape index (κ1) is 23.8. The third kappa shape index (κ3) is 4.80. The molecule has 1 aliphatic carbocycles. The van der Waals surface area contributed by atoms with Crippen molar-refractivity contribution in [1.82, 2.24) is 10.2 Å². The maximum atomic E-state index is 14.7. The van der Waals surface area contributed by atoms with Gasteiger partial charge in [-0.2, -0.15) is 0 Å². The average molecular weight is 524 g/mol. The summed E-state index contributed by atoms with van der Waals surface area (Å²) in [5.74, 6) is -4.60. The lowest BCUT2D eigenvalue weighted by molar-refractivity contribution is -0.145. The number of nitrogens with two attached hydrogens (primary N) is 1. The first-order chi connectivity index (χ1) is 15.7. The number of rotatable bonds is 7. The maximum absolute atomic E-state index is 14.7. The third-order valence-corrected chi connectivity index (χ3v) is 7.16. The number of nitrogens with zero attached hydrogens (tertiary/aromatic N) is 1. The van der Waals surface area contributed by atoms with Crippen molar-refractivity contribution in [2.75, 3.05) is 13.1 Å². The highest BCUT2D eigenvalue weighted by atomic mass is 79.9. The van der Waals surface area contributed by atoms with Crippen LogP contribution in [0.2, 0.25) is 0 Å². The molecule has 4 rings (SSSR count). The first-order valence-electron chi connectivity index (χ1n) is 11.0. The minimum absolute atomic E-state index is 0.169. The van der Waals surface area contributed by atoms with Crippen LogP contribution in [0.15, 0.2) is 40.9 Å². The van der Waals surface area contributed by atoms with Crippen LogP contribution >= 0.6 is 15.9 Å². The van der Waals surface area contributed by atoms with Gasteiger partial charge in [0, 0.05) is 28.6 Å². The van der Waals surface area contributed by atoms with E-state index in [-0.39, 0.29) is 18.0 Å². The summed E-state index contributed by atoms with van der Waals surface area (Å²) in [6.45, 7) is 1.31. The van der Waals surface area contributed by atoms with Crippen molar-refractivity contribution in [3.05, 3.63) is 69.4 Å². The van der Waals surface area contributed by atoms with Crippen molar-refractivity contribution in [3.63, 3.8) is 0 Å². The van der Waals surface area contributed by atoms with Crippen LogP contribution < -0.4 is 11.1 Å². The molecule has 3 N–H and O–H groups in total. The summed E-state index contributed by atoms with van der Waals surface area (Å²) in [4.78, 5) is 28.1. The molecule has 1 saturated carbocycles.